The van der Waals surface area contributed by atoms with E-state index in [9.17, 15) is 10.1 Å². The molecule has 2 heterocycles. The molecule has 0 aliphatic carbocycles. The Morgan fingerprint density at radius 3 is 2.71 bits per heavy atom. The second kappa shape index (κ2) is 9.33. The van der Waals surface area contributed by atoms with Gasteiger partial charge in [-0.1, -0.05) is 34.8 Å². The molecule has 1 aliphatic heterocycles. The molecule has 0 saturated carbocycles. The van der Waals surface area contributed by atoms with Crippen molar-refractivity contribution >= 4 is 46.5 Å². The van der Waals surface area contributed by atoms with Crippen LogP contribution in [0.4, 0.5) is 5.82 Å². The largest absolute Gasteiger partial charge is 0.482 e. The Morgan fingerprint density at radius 1 is 1.14 bits per heavy atom. The Hall–Kier alpha value is -2.20. The van der Waals surface area contributed by atoms with Crippen LogP contribution in [0, 0.1) is 11.3 Å². The number of halogens is 3. The molecule has 0 radical (unpaired) electrons. The highest BCUT2D eigenvalue weighted by Crippen LogP contribution is 2.33. The van der Waals surface area contributed by atoms with Gasteiger partial charge in [-0.05, 0) is 24.6 Å². The van der Waals surface area contributed by atoms with Gasteiger partial charge in [-0.15, -0.1) is 0 Å². The number of amides is 1. The zero-order chi connectivity index (χ0) is 20.1. The summed E-state index contributed by atoms with van der Waals surface area (Å²) < 4.78 is 5.54. The summed E-state index contributed by atoms with van der Waals surface area (Å²) in [4.78, 5) is 20.7. The highest BCUT2D eigenvalue weighted by molar-refractivity contribution is 6.43. The maximum atomic E-state index is 12.6. The zero-order valence-electron chi connectivity index (χ0n) is 14.9. The van der Waals surface area contributed by atoms with Gasteiger partial charge in [0.25, 0.3) is 5.91 Å². The van der Waals surface area contributed by atoms with E-state index < -0.39 is 0 Å². The first kappa shape index (κ1) is 20.5. The molecule has 9 heteroatoms. The highest BCUT2D eigenvalue weighted by Gasteiger charge is 2.22. The summed E-state index contributed by atoms with van der Waals surface area (Å²) in [7, 11) is 0. The van der Waals surface area contributed by atoms with E-state index in [1.807, 2.05) is 4.90 Å². The lowest BCUT2D eigenvalue weighted by Crippen LogP contribution is -2.38. The van der Waals surface area contributed by atoms with Crippen LogP contribution in [-0.4, -0.2) is 48.6 Å². The van der Waals surface area contributed by atoms with Gasteiger partial charge in [0.2, 0.25) is 0 Å². The predicted molar refractivity (Wildman–Crippen MR) is 109 cm³/mol. The third-order valence-corrected chi connectivity index (χ3v) is 5.40. The molecule has 146 valence electrons. The number of nitrogens with zero attached hydrogens (tertiary/aromatic N) is 4. The maximum absolute atomic E-state index is 12.6. The number of carbonyl (C=O) groups is 1. The Labute approximate surface area is 178 Å². The van der Waals surface area contributed by atoms with Crippen molar-refractivity contribution in [3.8, 4) is 11.8 Å². The van der Waals surface area contributed by atoms with E-state index >= 15 is 0 Å². The molecule has 0 unspecified atom stereocenters. The molecule has 1 amide bonds. The molecule has 1 saturated heterocycles. The van der Waals surface area contributed by atoms with Gasteiger partial charge in [0.05, 0.1) is 20.6 Å². The second-order valence-electron chi connectivity index (χ2n) is 6.19. The molecule has 1 aromatic heterocycles. The Bertz CT molecular complexity index is 917. The van der Waals surface area contributed by atoms with Gasteiger partial charge in [0.15, 0.2) is 6.61 Å². The molecule has 0 atom stereocenters. The van der Waals surface area contributed by atoms with Crippen LogP contribution in [0.2, 0.25) is 15.1 Å². The standard InChI is InChI=1S/C19H17Cl3N4O2/c20-14-9-16(22)17(10-15(14)21)28-12-18(27)25-5-2-6-26(8-7-25)19-13(11-23)3-1-4-24-19/h1,3-4,9-10H,2,5-8,12H2. The van der Waals surface area contributed by atoms with Gasteiger partial charge in [-0.25, -0.2) is 4.98 Å². The lowest BCUT2D eigenvalue weighted by atomic mass is 10.2. The quantitative estimate of drug-likeness (QED) is 0.673. The number of rotatable bonds is 4. The summed E-state index contributed by atoms with van der Waals surface area (Å²) in [6.45, 7) is 2.27. The van der Waals surface area contributed by atoms with Gasteiger partial charge in [0, 0.05) is 38.4 Å². The van der Waals surface area contributed by atoms with Gasteiger partial charge in [-0.3, -0.25) is 4.79 Å². The van der Waals surface area contributed by atoms with E-state index in [1.54, 1.807) is 23.2 Å². The summed E-state index contributed by atoms with van der Waals surface area (Å²) >= 11 is 17.9. The van der Waals surface area contributed by atoms with Crippen molar-refractivity contribution in [1.29, 1.82) is 5.26 Å². The molecule has 1 aliphatic rings. The van der Waals surface area contributed by atoms with Crippen LogP contribution in [0.5, 0.6) is 5.75 Å². The summed E-state index contributed by atoms with van der Waals surface area (Å²) in [5.74, 6) is 0.816. The van der Waals surface area contributed by atoms with Gasteiger partial charge in [0.1, 0.15) is 17.6 Å². The molecule has 6 nitrogen and oxygen atoms in total. The average Bonchev–Trinajstić information content (AvgIpc) is 2.95. The molecule has 28 heavy (non-hydrogen) atoms. The molecule has 0 N–H and O–H groups in total. The molecule has 1 aromatic carbocycles. The SMILES string of the molecule is N#Cc1cccnc1N1CCCN(C(=O)COc2cc(Cl)c(Cl)cc2Cl)CC1. The molecular formula is C19H17Cl3N4O2. The van der Waals surface area contributed by atoms with Crippen molar-refractivity contribution in [2.45, 2.75) is 6.42 Å². The first-order chi connectivity index (χ1) is 13.5. The molecular weight excluding hydrogens is 423 g/mol. The van der Waals surface area contributed by atoms with Crippen LogP contribution in [0.25, 0.3) is 0 Å². The van der Waals surface area contributed by atoms with Crippen molar-refractivity contribution in [2.75, 3.05) is 37.7 Å². The molecule has 3 rings (SSSR count). The minimum Gasteiger partial charge on any atom is -0.482 e. The Kier molecular flexibility index (Phi) is 6.84. The minimum atomic E-state index is -0.148. The number of carbonyl (C=O) groups excluding carboxylic acids is 1. The third kappa shape index (κ3) is 4.79. The highest BCUT2D eigenvalue weighted by atomic mass is 35.5. The maximum Gasteiger partial charge on any atom is 0.260 e. The third-order valence-electron chi connectivity index (χ3n) is 4.38. The van der Waals surface area contributed by atoms with Gasteiger partial charge >= 0.3 is 0 Å². The van der Waals surface area contributed by atoms with Crippen LogP contribution in [0.15, 0.2) is 30.5 Å². The molecule has 0 bridgehead atoms. The zero-order valence-corrected chi connectivity index (χ0v) is 17.1. The van der Waals surface area contributed by atoms with Crippen molar-refractivity contribution in [3.05, 3.63) is 51.1 Å². The number of anilines is 1. The van der Waals surface area contributed by atoms with Gasteiger partial charge in [-0.2, -0.15) is 5.26 Å². The fourth-order valence-corrected chi connectivity index (χ4v) is 3.55. The fraction of sp³-hybridized carbons (Fsp3) is 0.316. The van der Waals surface area contributed by atoms with Crippen LogP contribution in [-0.2, 0) is 4.79 Å². The first-order valence-electron chi connectivity index (χ1n) is 8.65. The number of hydrogen-bond donors (Lipinski definition) is 0. The Balaban J connectivity index is 1.60. The van der Waals surface area contributed by atoms with E-state index in [4.69, 9.17) is 39.5 Å². The van der Waals surface area contributed by atoms with Gasteiger partial charge < -0.3 is 14.5 Å². The van der Waals surface area contributed by atoms with Crippen LogP contribution in [0.1, 0.15) is 12.0 Å². The van der Waals surface area contributed by atoms with Crippen molar-refractivity contribution in [2.24, 2.45) is 0 Å². The summed E-state index contributed by atoms with van der Waals surface area (Å²) in [5.41, 5.74) is 0.528. The lowest BCUT2D eigenvalue weighted by molar-refractivity contribution is -0.133. The molecule has 2 aromatic rings. The predicted octanol–water partition coefficient (Wildman–Crippen LogP) is 4.03. The van der Waals surface area contributed by atoms with Crippen molar-refractivity contribution in [1.82, 2.24) is 9.88 Å². The molecule has 1 fully saturated rings. The fourth-order valence-electron chi connectivity index (χ4n) is 2.96. The summed E-state index contributed by atoms with van der Waals surface area (Å²) in [6.07, 6.45) is 2.43. The van der Waals surface area contributed by atoms with E-state index in [1.165, 1.54) is 12.1 Å². The van der Waals surface area contributed by atoms with Crippen molar-refractivity contribution in [3.63, 3.8) is 0 Å². The van der Waals surface area contributed by atoms with Crippen molar-refractivity contribution < 1.29 is 9.53 Å². The monoisotopic (exact) mass is 438 g/mol. The van der Waals surface area contributed by atoms with Crippen LogP contribution < -0.4 is 9.64 Å². The average molecular weight is 440 g/mol. The number of nitriles is 1. The van der Waals surface area contributed by atoms with E-state index in [2.05, 4.69) is 11.1 Å². The number of ether oxygens (including phenoxy) is 1. The smallest absolute Gasteiger partial charge is 0.260 e. The van der Waals surface area contributed by atoms with E-state index in [0.717, 1.165) is 13.0 Å². The normalized spacial score (nSPS) is 14.4. The number of aromatic nitrogens is 1. The summed E-state index contributed by atoms with van der Waals surface area (Å²) in [5, 5.41) is 10.2. The second-order valence-corrected chi connectivity index (χ2v) is 7.41. The minimum absolute atomic E-state index is 0.148. The van der Waals surface area contributed by atoms with E-state index in [0.29, 0.717) is 51.8 Å². The first-order valence-corrected chi connectivity index (χ1v) is 9.78. The van der Waals surface area contributed by atoms with Crippen LogP contribution >= 0.6 is 34.8 Å². The molecule has 0 spiro atoms. The topological polar surface area (TPSA) is 69.5 Å². The Morgan fingerprint density at radius 2 is 1.93 bits per heavy atom. The lowest BCUT2D eigenvalue weighted by Gasteiger charge is -2.23. The summed E-state index contributed by atoms with van der Waals surface area (Å²) in [6, 6.07) is 8.62. The van der Waals surface area contributed by atoms with E-state index in [-0.39, 0.29) is 12.5 Å². The number of benzene rings is 1. The number of hydrogen-bond acceptors (Lipinski definition) is 5. The number of pyridine rings is 1. The van der Waals surface area contributed by atoms with Crippen LogP contribution in [0.3, 0.4) is 0 Å².